The molecule has 3 amide bonds. The minimum Gasteiger partial charge on any atom is -0.394 e. The van der Waals surface area contributed by atoms with E-state index in [1.807, 2.05) is 0 Å². The van der Waals surface area contributed by atoms with E-state index in [2.05, 4.69) is 5.32 Å². The van der Waals surface area contributed by atoms with Gasteiger partial charge in [0, 0.05) is 0 Å². The third-order valence-electron chi connectivity index (χ3n) is 5.45. The molecular formula is C16H25N2O9+. The zero-order chi connectivity index (χ0) is 20.1. The van der Waals surface area contributed by atoms with Crippen LogP contribution in [0.1, 0.15) is 20.3 Å². The molecule has 2 unspecified atom stereocenters. The first-order valence-corrected chi connectivity index (χ1v) is 8.71. The van der Waals surface area contributed by atoms with E-state index in [4.69, 9.17) is 9.47 Å². The largest absolute Gasteiger partial charge is 0.432 e. The smallest absolute Gasteiger partial charge is 0.394 e. The van der Waals surface area contributed by atoms with Crippen LogP contribution >= 0.6 is 0 Å². The molecule has 3 rings (SSSR count). The highest BCUT2D eigenvalue weighted by Gasteiger charge is 2.63. The van der Waals surface area contributed by atoms with Crippen LogP contribution in [-0.2, 0) is 14.3 Å². The minimum absolute atomic E-state index is 0.0871. The maximum atomic E-state index is 12.9. The Bertz CT molecular complexity index is 656. The number of ether oxygens (including phenoxy) is 2. The summed E-state index contributed by atoms with van der Waals surface area (Å²) in [6.45, 7) is 2.42. The van der Waals surface area contributed by atoms with Gasteiger partial charge in [-0.25, -0.2) is 10.1 Å². The number of urea groups is 1. The van der Waals surface area contributed by atoms with E-state index < -0.39 is 72.1 Å². The number of nitrogens with one attached hydrogen (secondary N) is 1. The molecule has 0 aliphatic carbocycles. The summed E-state index contributed by atoms with van der Waals surface area (Å²) in [5, 5.41) is 52.3. The highest BCUT2D eigenvalue weighted by molar-refractivity contribution is 6.03. The molecule has 0 aromatic heterocycles. The van der Waals surface area contributed by atoms with Gasteiger partial charge in [0.05, 0.1) is 30.8 Å². The molecule has 3 heterocycles. The zero-order valence-corrected chi connectivity index (χ0v) is 14.9. The van der Waals surface area contributed by atoms with Gasteiger partial charge in [0.2, 0.25) is 12.5 Å². The van der Waals surface area contributed by atoms with E-state index in [9.17, 15) is 35.1 Å². The second-order valence-electron chi connectivity index (χ2n) is 7.22. The number of nitrogens with zero attached hydrogens (tertiary/aromatic N) is 1. The number of hydrogen-bond acceptors (Lipinski definition) is 9. The minimum atomic E-state index is -1.69. The highest BCUT2D eigenvalue weighted by Crippen LogP contribution is 2.39. The van der Waals surface area contributed by atoms with E-state index >= 15 is 0 Å². The predicted octanol–water partition coefficient (Wildman–Crippen LogP) is -2.75. The molecule has 0 bridgehead atoms. The second kappa shape index (κ2) is 7.18. The van der Waals surface area contributed by atoms with Crippen LogP contribution in [0.25, 0.3) is 0 Å². The average molecular weight is 389 g/mol. The van der Waals surface area contributed by atoms with E-state index in [0.717, 1.165) is 0 Å². The van der Waals surface area contributed by atoms with Crippen LogP contribution in [0.3, 0.4) is 0 Å². The van der Waals surface area contributed by atoms with Crippen molar-refractivity contribution < 1.29 is 49.1 Å². The van der Waals surface area contributed by atoms with Gasteiger partial charge in [0.1, 0.15) is 24.5 Å². The molecule has 2 saturated heterocycles. The predicted molar refractivity (Wildman–Crippen MR) is 86.3 cm³/mol. The molecule has 11 nitrogen and oxygen atoms in total. The number of aliphatic hydroxyl groups is 5. The molecule has 6 N–H and O–H groups in total. The van der Waals surface area contributed by atoms with Gasteiger partial charge in [-0.2, -0.15) is 4.48 Å². The fraction of sp³-hybridized carbons (Fsp3) is 0.750. The van der Waals surface area contributed by atoms with Crippen LogP contribution in [0.15, 0.2) is 11.8 Å². The van der Waals surface area contributed by atoms with Gasteiger partial charge in [-0.05, 0) is 13.8 Å². The fourth-order valence-electron chi connectivity index (χ4n) is 3.83. The van der Waals surface area contributed by atoms with Crippen LogP contribution < -0.4 is 5.32 Å². The van der Waals surface area contributed by atoms with Gasteiger partial charge in [-0.15, -0.1) is 0 Å². The summed E-state index contributed by atoms with van der Waals surface area (Å²) in [7, 11) is 0. The Morgan fingerprint density at radius 2 is 1.81 bits per heavy atom. The lowest BCUT2D eigenvalue weighted by molar-refractivity contribution is -0.907. The molecular weight excluding hydrogens is 364 g/mol. The Hall–Kier alpha value is -1.44. The Morgan fingerprint density at radius 1 is 1.15 bits per heavy atom. The average Bonchev–Trinajstić information content (AvgIpc) is 3.01. The van der Waals surface area contributed by atoms with Gasteiger partial charge in [0.25, 0.3) is 5.91 Å². The molecule has 11 heteroatoms. The molecule has 3 aliphatic heterocycles. The SMILES string of the molecule is CC1=C[N+](C2O[C@H](C)[C@H](O)[C@H](O)[C@H]2O)([C@H]2C[C@H](O)[C@@H](CO)O2)C(=O)NC1=O. The van der Waals surface area contributed by atoms with Crippen molar-refractivity contribution >= 4 is 11.9 Å². The number of carbonyl (C=O) groups excluding carboxylic acids is 2. The first-order valence-electron chi connectivity index (χ1n) is 8.71. The summed E-state index contributed by atoms with van der Waals surface area (Å²) in [5.41, 5.74) is 0.143. The number of quaternary nitrogens is 1. The molecule has 0 saturated carbocycles. The van der Waals surface area contributed by atoms with E-state index in [1.54, 1.807) is 0 Å². The normalized spacial score (nSPS) is 48.3. The van der Waals surface area contributed by atoms with Crippen molar-refractivity contribution in [3.8, 4) is 0 Å². The lowest BCUT2D eigenvalue weighted by atomic mass is 9.96. The topological polar surface area (TPSA) is 166 Å². The Morgan fingerprint density at radius 3 is 2.41 bits per heavy atom. The van der Waals surface area contributed by atoms with Crippen molar-refractivity contribution in [3.05, 3.63) is 11.8 Å². The van der Waals surface area contributed by atoms with Crippen molar-refractivity contribution in [2.24, 2.45) is 0 Å². The number of imide groups is 1. The fourth-order valence-corrected chi connectivity index (χ4v) is 3.83. The molecule has 3 aliphatic rings. The summed E-state index contributed by atoms with van der Waals surface area (Å²) < 4.78 is 10.4. The summed E-state index contributed by atoms with van der Waals surface area (Å²) in [6.07, 6.45) is -9.00. The summed E-state index contributed by atoms with van der Waals surface area (Å²) in [4.78, 5) is 24.8. The number of hydrogen-bond donors (Lipinski definition) is 6. The first-order chi connectivity index (χ1) is 12.6. The van der Waals surface area contributed by atoms with Gasteiger partial charge in [0.15, 0.2) is 6.10 Å². The van der Waals surface area contributed by atoms with Gasteiger partial charge in [-0.3, -0.25) is 4.79 Å². The monoisotopic (exact) mass is 389 g/mol. The van der Waals surface area contributed by atoms with Gasteiger partial charge >= 0.3 is 6.03 Å². The Kier molecular flexibility index (Phi) is 5.40. The van der Waals surface area contributed by atoms with E-state index in [0.29, 0.717) is 0 Å². The van der Waals surface area contributed by atoms with Crippen LogP contribution in [0, 0.1) is 0 Å². The summed E-state index contributed by atoms with van der Waals surface area (Å²) in [6, 6.07) is -0.874. The van der Waals surface area contributed by atoms with Crippen molar-refractivity contribution in [2.75, 3.05) is 6.61 Å². The van der Waals surface area contributed by atoms with Crippen LogP contribution in [-0.4, -0.2) is 97.6 Å². The molecule has 2 fully saturated rings. The van der Waals surface area contributed by atoms with Crippen molar-refractivity contribution in [1.29, 1.82) is 0 Å². The number of amides is 3. The molecule has 9 atom stereocenters. The lowest BCUT2D eigenvalue weighted by Crippen LogP contribution is -2.75. The van der Waals surface area contributed by atoms with Crippen molar-refractivity contribution in [2.45, 2.75) is 69.3 Å². The maximum Gasteiger partial charge on any atom is 0.432 e. The standard InChI is InChI=1S/C16H24N2O9/c1-6-4-18(16(25)17-14(6)24,10-3-8(20)9(5-19)27-10)15-13(23)12(22)11(21)7(2)26-15/h4,7-13,15,19-23H,3,5H2,1-2H3/p+1/t7-,8+,9-,10-,11+,12+,13-,15?,18?/m1/s1. The van der Waals surface area contributed by atoms with Gasteiger partial charge in [-0.1, -0.05) is 0 Å². The van der Waals surface area contributed by atoms with Crippen molar-refractivity contribution in [3.63, 3.8) is 0 Å². The van der Waals surface area contributed by atoms with E-state index in [1.165, 1.54) is 20.0 Å². The number of carbonyl (C=O) groups is 2. The quantitative estimate of drug-likeness (QED) is 0.281. The third kappa shape index (κ3) is 3.09. The van der Waals surface area contributed by atoms with Crippen LogP contribution in [0.5, 0.6) is 0 Å². The highest BCUT2D eigenvalue weighted by atomic mass is 16.6. The molecule has 0 radical (unpaired) electrons. The lowest BCUT2D eigenvalue weighted by Gasteiger charge is -2.49. The third-order valence-corrected chi connectivity index (χ3v) is 5.45. The molecule has 152 valence electrons. The Labute approximate surface area is 155 Å². The molecule has 27 heavy (non-hydrogen) atoms. The van der Waals surface area contributed by atoms with Crippen molar-refractivity contribution in [1.82, 2.24) is 5.32 Å². The molecule has 0 spiro atoms. The van der Waals surface area contributed by atoms with E-state index in [-0.39, 0.29) is 12.0 Å². The Balaban J connectivity index is 2.09. The van der Waals surface area contributed by atoms with Crippen LogP contribution in [0.2, 0.25) is 0 Å². The second-order valence-corrected chi connectivity index (χ2v) is 7.22. The molecule has 0 aromatic carbocycles. The zero-order valence-electron chi connectivity index (χ0n) is 14.9. The number of aliphatic hydroxyl groups excluding tert-OH is 5. The summed E-state index contributed by atoms with van der Waals surface area (Å²) in [5.74, 6) is -0.634. The molecule has 0 aromatic rings. The van der Waals surface area contributed by atoms with Gasteiger partial charge < -0.3 is 35.0 Å². The number of rotatable bonds is 3. The van der Waals surface area contributed by atoms with Crippen LogP contribution in [0.4, 0.5) is 4.79 Å². The first kappa shape index (κ1) is 20.3. The maximum absolute atomic E-state index is 12.9. The summed E-state index contributed by atoms with van der Waals surface area (Å²) >= 11 is 0.